The fraction of sp³-hybridized carbons (Fsp3) is 0.250. The van der Waals surface area contributed by atoms with Crippen LogP contribution in [0.15, 0.2) is 52.9 Å². The Kier molecular flexibility index (Phi) is 4.52. The number of halogens is 3. The lowest BCUT2D eigenvalue weighted by Crippen LogP contribution is -2.32. The van der Waals surface area contributed by atoms with E-state index in [1.165, 1.54) is 12.1 Å². The largest absolute Gasteiger partial charge is 0.419 e. The van der Waals surface area contributed by atoms with Crippen LogP contribution in [-0.2, 0) is 16.4 Å². The predicted octanol–water partition coefficient (Wildman–Crippen LogP) is 4.77. The Balaban J connectivity index is 0.00000171. The summed E-state index contributed by atoms with van der Waals surface area (Å²) in [5, 5.41) is 13.8. The first kappa shape index (κ1) is 19.0. The standard InChI is InChI=1S/C20H17F3N4O2.2H2/c1-24-17(28)19(10-11-19)18-27-26-16(29-18)14-4-2-3-5-15(14)25-13-8-6-12(7-9-13)20(21,22)23;;/h2-9,25H,10-11H2,1H3,(H,24,28);2*1H. The molecule has 1 amide bonds. The average molecular weight is 406 g/mol. The highest BCUT2D eigenvalue weighted by atomic mass is 19.4. The molecule has 1 heterocycles. The molecule has 9 heteroatoms. The number of rotatable bonds is 5. The van der Waals surface area contributed by atoms with Crippen LogP contribution in [0.4, 0.5) is 24.5 Å². The van der Waals surface area contributed by atoms with Gasteiger partial charge in [0.25, 0.3) is 0 Å². The van der Waals surface area contributed by atoms with Crippen molar-refractivity contribution in [2.75, 3.05) is 12.4 Å². The normalized spacial score (nSPS) is 15.0. The van der Waals surface area contributed by atoms with E-state index in [1.807, 2.05) is 0 Å². The zero-order chi connectivity index (χ0) is 20.6. The molecule has 154 valence electrons. The molecule has 0 bridgehead atoms. The number of carbonyl (C=O) groups is 1. The van der Waals surface area contributed by atoms with Gasteiger partial charge in [0.05, 0.1) is 16.8 Å². The van der Waals surface area contributed by atoms with E-state index in [0.717, 1.165) is 12.1 Å². The van der Waals surface area contributed by atoms with E-state index in [-0.39, 0.29) is 20.5 Å². The molecule has 0 aliphatic heterocycles. The number of benzene rings is 2. The number of carbonyl (C=O) groups excluding carboxylic acids is 1. The second-order valence-corrected chi connectivity index (χ2v) is 6.82. The Morgan fingerprint density at radius 1 is 1.10 bits per heavy atom. The summed E-state index contributed by atoms with van der Waals surface area (Å²) in [5.74, 6) is 0.324. The highest BCUT2D eigenvalue weighted by molar-refractivity contribution is 5.90. The van der Waals surface area contributed by atoms with Crippen LogP contribution in [-0.4, -0.2) is 23.2 Å². The number of amides is 1. The van der Waals surface area contributed by atoms with Gasteiger partial charge in [-0.05, 0) is 49.2 Å². The number of hydrogen-bond acceptors (Lipinski definition) is 5. The van der Waals surface area contributed by atoms with Crippen molar-refractivity contribution in [3.8, 4) is 11.5 Å². The van der Waals surface area contributed by atoms with Crippen molar-refractivity contribution in [2.45, 2.75) is 24.4 Å². The van der Waals surface area contributed by atoms with Crippen LogP contribution >= 0.6 is 0 Å². The van der Waals surface area contributed by atoms with E-state index < -0.39 is 17.2 Å². The first-order valence-electron chi connectivity index (χ1n) is 8.93. The van der Waals surface area contributed by atoms with Crippen molar-refractivity contribution in [3.63, 3.8) is 0 Å². The van der Waals surface area contributed by atoms with Crippen molar-refractivity contribution < 1.29 is 25.2 Å². The second kappa shape index (κ2) is 6.91. The molecule has 1 aliphatic rings. The summed E-state index contributed by atoms with van der Waals surface area (Å²) in [7, 11) is 1.56. The number of anilines is 2. The van der Waals surface area contributed by atoms with Crippen molar-refractivity contribution in [1.82, 2.24) is 15.5 Å². The quantitative estimate of drug-likeness (QED) is 0.638. The minimum atomic E-state index is -4.39. The van der Waals surface area contributed by atoms with E-state index in [0.29, 0.717) is 29.8 Å². The molecule has 0 atom stereocenters. The molecule has 1 aromatic heterocycles. The Bertz CT molecular complexity index is 1050. The topological polar surface area (TPSA) is 80.0 Å². The van der Waals surface area contributed by atoms with Gasteiger partial charge >= 0.3 is 6.18 Å². The van der Waals surface area contributed by atoms with E-state index in [9.17, 15) is 18.0 Å². The molecule has 0 unspecified atom stereocenters. The monoisotopic (exact) mass is 406 g/mol. The average Bonchev–Trinajstić information content (AvgIpc) is 3.37. The molecule has 1 fully saturated rings. The molecule has 0 spiro atoms. The Morgan fingerprint density at radius 2 is 1.79 bits per heavy atom. The molecular formula is C20H21F3N4O2. The minimum Gasteiger partial charge on any atom is -0.419 e. The fourth-order valence-corrected chi connectivity index (χ4v) is 3.10. The molecule has 0 radical (unpaired) electrons. The Hall–Kier alpha value is -3.36. The van der Waals surface area contributed by atoms with Gasteiger partial charge in [-0.3, -0.25) is 4.79 Å². The van der Waals surface area contributed by atoms with Gasteiger partial charge in [0.2, 0.25) is 17.7 Å². The molecule has 2 N–H and O–H groups in total. The summed E-state index contributed by atoms with van der Waals surface area (Å²) in [4.78, 5) is 12.1. The minimum absolute atomic E-state index is 0. The number of hydrogen-bond donors (Lipinski definition) is 2. The molecule has 1 saturated carbocycles. The zero-order valence-electron chi connectivity index (χ0n) is 15.4. The van der Waals surface area contributed by atoms with Gasteiger partial charge in [0, 0.05) is 15.6 Å². The van der Waals surface area contributed by atoms with E-state index >= 15 is 0 Å². The summed E-state index contributed by atoms with van der Waals surface area (Å²) >= 11 is 0. The van der Waals surface area contributed by atoms with Crippen LogP contribution < -0.4 is 10.6 Å². The third kappa shape index (κ3) is 3.55. The van der Waals surface area contributed by atoms with E-state index in [4.69, 9.17) is 4.42 Å². The van der Waals surface area contributed by atoms with Gasteiger partial charge in [-0.1, -0.05) is 12.1 Å². The van der Waals surface area contributed by atoms with Crippen LogP contribution in [0.2, 0.25) is 0 Å². The maximum absolute atomic E-state index is 12.7. The molecule has 2 aromatic carbocycles. The zero-order valence-corrected chi connectivity index (χ0v) is 15.4. The number of para-hydroxylation sites is 1. The highest BCUT2D eigenvalue weighted by Gasteiger charge is 2.55. The maximum atomic E-state index is 12.7. The Morgan fingerprint density at radius 3 is 2.41 bits per heavy atom. The lowest BCUT2D eigenvalue weighted by Gasteiger charge is -2.12. The summed E-state index contributed by atoms with van der Waals surface area (Å²) in [6.45, 7) is 0. The van der Waals surface area contributed by atoms with Crippen LogP contribution in [0.3, 0.4) is 0 Å². The molecule has 6 nitrogen and oxygen atoms in total. The SMILES string of the molecule is CNC(=O)C1(c2nnc(-c3ccccc3Nc3ccc(C(F)(F)F)cc3)o2)CC1.[HH].[HH]. The lowest BCUT2D eigenvalue weighted by atomic mass is 10.1. The fourth-order valence-electron chi connectivity index (χ4n) is 3.10. The van der Waals surface area contributed by atoms with Crippen LogP contribution in [0.1, 0.15) is 27.1 Å². The number of nitrogens with zero attached hydrogens (tertiary/aromatic N) is 2. The third-order valence-electron chi connectivity index (χ3n) is 4.89. The maximum Gasteiger partial charge on any atom is 0.416 e. The molecule has 0 saturated heterocycles. The Labute approximate surface area is 167 Å². The molecule has 29 heavy (non-hydrogen) atoms. The van der Waals surface area contributed by atoms with Gasteiger partial charge in [-0.15, -0.1) is 10.2 Å². The summed E-state index contributed by atoms with van der Waals surface area (Å²) in [6, 6.07) is 11.8. The smallest absolute Gasteiger partial charge is 0.416 e. The number of likely N-dealkylation sites (N-methyl/N-ethyl adjacent to an activating group) is 1. The van der Waals surface area contributed by atoms with E-state index in [2.05, 4.69) is 20.8 Å². The van der Waals surface area contributed by atoms with Gasteiger partial charge < -0.3 is 15.1 Å². The van der Waals surface area contributed by atoms with Gasteiger partial charge in [-0.2, -0.15) is 13.2 Å². The van der Waals surface area contributed by atoms with Crippen molar-refractivity contribution >= 4 is 17.3 Å². The summed E-state index contributed by atoms with van der Waals surface area (Å²) in [6.07, 6.45) is -3.11. The van der Waals surface area contributed by atoms with Gasteiger partial charge in [0.1, 0.15) is 5.41 Å². The van der Waals surface area contributed by atoms with Crippen molar-refractivity contribution in [1.29, 1.82) is 0 Å². The lowest BCUT2D eigenvalue weighted by molar-refractivity contribution is -0.137. The molecule has 3 aromatic rings. The molecule has 1 aliphatic carbocycles. The molecule has 4 rings (SSSR count). The summed E-state index contributed by atoms with van der Waals surface area (Å²) < 4.78 is 44.0. The van der Waals surface area contributed by atoms with Crippen LogP contribution in [0.25, 0.3) is 11.5 Å². The number of alkyl halides is 3. The third-order valence-corrected chi connectivity index (χ3v) is 4.89. The van der Waals surface area contributed by atoms with E-state index in [1.54, 1.807) is 31.3 Å². The highest BCUT2D eigenvalue weighted by Crippen LogP contribution is 2.48. The first-order chi connectivity index (χ1) is 13.8. The number of nitrogens with one attached hydrogen (secondary N) is 2. The molecular weight excluding hydrogens is 385 g/mol. The van der Waals surface area contributed by atoms with Gasteiger partial charge in [0.15, 0.2) is 0 Å². The van der Waals surface area contributed by atoms with Crippen LogP contribution in [0, 0.1) is 0 Å². The van der Waals surface area contributed by atoms with Crippen molar-refractivity contribution in [2.24, 2.45) is 0 Å². The summed E-state index contributed by atoms with van der Waals surface area (Å²) in [5.41, 5.74) is 0.164. The number of aromatic nitrogens is 2. The van der Waals surface area contributed by atoms with Crippen LogP contribution in [0.5, 0.6) is 0 Å². The van der Waals surface area contributed by atoms with Crippen molar-refractivity contribution in [3.05, 3.63) is 60.0 Å². The second-order valence-electron chi connectivity index (χ2n) is 6.82. The predicted molar refractivity (Wildman–Crippen MR) is 104 cm³/mol. The first-order valence-corrected chi connectivity index (χ1v) is 8.93. The van der Waals surface area contributed by atoms with Gasteiger partial charge in [-0.25, -0.2) is 0 Å².